The third-order valence-electron chi connectivity index (χ3n) is 1.49. The molecular weight excluding hydrogens is 176 g/mol. The molecule has 2 heterocycles. The van der Waals surface area contributed by atoms with Gasteiger partial charge in [-0.2, -0.15) is 0 Å². The summed E-state index contributed by atoms with van der Waals surface area (Å²) in [4.78, 5) is 11.8. The molecule has 2 aromatic rings. The van der Waals surface area contributed by atoms with Crippen LogP contribution in [0.4, 0.5) is 0 Å². The Morgan fingerprint density at radius 1 is 1.45 bits per heavy atom. The number of rotatable bonds is 1. The van der Waals surface area contributed by atoms with Gasteiger partial charge < -0.3 is 0 Å². The molecule has 0 amide bonds. The van der Waals surface area contributed by atoms with Gasteiger partial charge in [0.25, 0.3) is 0 Å². The molecule has 3 heteroatoms. The second-order valence-electron chi connectivity index (χ2n) is 2.32. The zero-order valence-electron chi connectivity index (χ0n) is 5.96. The normalized spacial score (nSPS) is 10.6. The monoisotopic (exact) mass is 182 g/mol. The molecule has 0 fully saturated rings. The number of hydrogen-bond acceptors (Lipinski definition) is 3. The van der Waals surface area contributed by atoms with Crippen molar-refractivity contribution in [1.29, 1.82) is 0 Å². The number of Topliss-reactive ketones (excluding diaryl/α,β-unsaturated/α-hetero) is 1. The molecule has 0 unspecified atom stereocenters. The van der Waals surface area contributed by atoms with Crippen molar-refractivity contribution in [1.82, 2.24) is 0 Å². The lowest BCUT2D eigenvalue weighted by Gasteiger charge is -1.80. The van der Waals surface area contributed by atoms with Crippen LogP contribution in [0.15, 0.2) is 17.5 Å². The van der Waals surface area contributed by atoms with E-state index < -0.39 is 0 Å². The average Bonchev–Trinajstić information content (AvgIpc) is 2.40. The third kappa shape index (κ3) is 1.10. The van der Waals surface area contributed by atoms with Crippen molar-refractivity contribution in [2.45, 2.75) is 6.92 Å². The first-order chi connectivity index (χ1) is 5.27. The van der Waals surface area contributed by atoms with Crippen LogP contribution in [-0.4, -0.2) is 5.78 Å². The molecule has 0 radical (unpaired) electrons. The van der Waals surface area contributed by atoms with Crippen molar-refractivity contribution < 1.29 is 4.79 Å². The van der Waals surface area contributed by atoms with Crippen molar-refractivity contribution in [3.63, 3.8) is 0 Å². The number of ketones is 1. The summed E-state index contributed by atoms with van der Waals surface area (Å²) in [5.41, 5.74) is 0. The van der Waals surface area contributed by atoms with E-state index in [2.05, 4.69) is 6.07 Å². The minimum absolute atomic E-state index is 0.165. The van der Waals surface area contributed by atoms with E-state index in [1.165, 1.54) is 9.40 Å². The topological polar surface area (TPSA) is 17.1 Å². The lowest BCUT2D eigenvalue weighted by molar-refractivity contribution is 0.102. The van der Waals surface area contributed by atoms with Gasteiger partial charge in [-0.1, -0.05) is 0 Å². The lowest BCUT2D eigenvalue weighted by Crippen LogP contribution is -1.83. The summed E-state index contributed by atoms with van der Waals surface area (Å²) in [5.74, 6) is 0.165. The maximum absolute atomic E-state index is 10.9. The summed E-state index contributed by atoms with van der Waals surface area (Å²) in [5, 5.41) is 2.05. The highest BCUT2D eigenvalue weighted by molar-refractivity contribution is 7.27. The summed E-state index contributed by atoms with van der Waals surface area (Å²) in [7, 11) is 0. The summed E-state index contributed by atoms with van der Waals surface area (Å²) in [6, 6.07) is 4.02. The van der Waals surface area contributed by atoms with Crippen LogP contribution in [0.5, 0.6) is 0 Å². The van der Waals surface area contributed by atoms with E-state index in [9.17, 15) is 4.79 Å². The fourth-order valence-corrected chi connectivity index (χ4v) is 2.94. The molecule has 0 aliphatic carbocycles. The van der Waals surface area contributed by atoms with Gasteiger partial charge in [0.1, 0.15) is 0 Å². The van der Waals surface area contributed by atoms with Gasteiger partial charge in [0.15, 0.2) is 5.78 Å². The van der Waals surface area contributed by atoms with E-state index in [-0.39, 0.29) is 5.78 Å². The SMILES string of the molecule is CC(=O)c1cc2sccc2s1. The average molecular weight is 182 g/mol. The molecule has 2 aromatic heterocycles. The second kappa shape index (κ2) is 2.43. The summed E-state index contributed by atoms with van der Waals surface area (Å²) < 4.78 is 2.44. The van der Waals surface area contributed by atoms with E-state index in [4.69, 9.17) is 0 Å². The molecule has 56 valence electrons. The molecule has 1 nitrogen and oxygen atoms in total. The largest absolute Gasteiger partial charge is 0.294 e. The Morgan fingerprint density at radius 3 is 2.91 bits per heavy atom. The first-order valence-electron chi connectivity index (χ1n) is 3.25. The Morgan fingerprint density at radius 2 is 2.27 bits per heavy atom. The standard InChI is InChI=1S/C8H6OS2/c1-5(9)7-4-8-6(11-7)2-3-10-8/h2-4H,1H3. The third-order valence-corrected chi connectivity index (χ3v) is 3.68. The van der Waals surface area contributed by atoms with Crippen molar-refractivity contribution in [3.8, 4) is 0 Å². The van der Waals surface area contributed by atoms with Gasteiger partial charge in [-0.15, -0.1) is 22.7 Å². The molecule has 0 atom stereocenters. The Balaban J connectivity index is 2.67. The minimum Gasteiger partial charge on any atom is -0.294 e. The second-order valence-corrected chi connectivity index (χ2v) is 4.35. The predicted octanol–water partition coefficient (Wildman–Crippen LogP) is 3.17. The molecule has 0 aliphatic rings. The van der Waals surface area contributed by atoms with Crippen LogP contribution in [0.25, 0.3) is 9.40 Å². The summed E-state index contributed by atoms with van der Waals surface area (Å²) in [6.45, 7) is 1.61. The maximum Gasteiger partial charge on any atom is 0.169 e. The molecule has 11 heavy (non-hydrogen) atoms. The highest BCUT2D eigenvalue weighted by atomic mass is 32.1. The molecule has 0 N–H and O–H groups in total. The molecule has 2 rings (SSSR count). The van der Waals surface area contributed by atoms with E-state index in [1.807, 2.05) is 11.4 Å². The fourth-order valence-electron chi connectivity index (χ4n) is 0.939. The zero-order chi connectivity index (χ0) is 7.84. The molecular formula is C8H6OS2. The van der Waals surface area contributed by atoms with Crippen LogP contribution in [0, 0.1) is 0 Å². The van der Waals surface area contributed by atoms with Gasteiger partial charge in [-0.3, -0.25) is 4.79 Å². The number of fused-ring (bicyclic) bond motifs is 1. The Labute approximate surface area is 72.3 Å². The van der Waals surface area contributed by atoms with Crippen LogP contribution in [0.3, 0.4) is 0 Å². The first-order valence-corrected chi connectivity index (χ1v) is 4.95. The van der Waals surface area contributed by atoms with Crippen molar-refractivity contribution in [2.24, 2.45) is 0 Å². The highest BCUT2D eigenvalue weighted by Crippen LogP contribution is 2.29. The summed E-state index contributed by atoms with van der Waals surface area (Å²) >= 11 is 3.26. The number of hydrogen-bond donors (Lipinski definition) is 0. The van der Waals surface area contributed by atoms with Crippen molar-refractivity contribution >= 4 is 37.9 Å². The Hall–Kier alpha value is -0.670. The Bertz CT molecular complexity index is 368. The van der Waals surface area contributed by atoms with Crippen LogP contribution in [0.1, 0.15) is 16.6 Å². The van der Waals surface area contributed by atoms with E-state index in [0.717, 1.165) is 4.88 Å². The maximum atomic E-state index is 10.9. The van der Waals surface area contributed by atoms with Crippen LogP contribution in [-0.2, 0) is 0 Å². The van der Waals surface area contributed by atoms with Gasteiger partial charge in [0, 0.05) is 9.40 Å². The molecule has 0 spiro atoms. The van der Waals surface area contributed by atoms with Crippen molar-refractivity contribution in [3.05, 3.63) is 22.4 Å². The smallest absolute Gasteiger partial charge is 0.169 e. The van der Waals surface area contributed by atoms with E-state index in [1.54, 1.807) is 29.6 Å². The minimum atomic E-state index is 0.165. The Kier molecular flexibility index (Phi) is 1.55. The number of thiophene rings is 2. The summed E-state index contributed by atoms with van der Waals surface area (Å²) in [6.07, 6.45) is 0. The number of carbonyl (C=O) groups excluding carboxylic acids is 1. The van der Waals surface area contributed by atoms with E-state index in [0.29, 0.717) is 0 Å². The molecule has 0 saturated carbocycles. The van der Waals surface area contributed by atoms with Crippen LogP contribution in [0.2, 0.25) is 0 Å². The zero-order valence-corrected chi connectivity index (χ0v) is 7.59. The highest BCUT2D eigenvalue weighted by Gasteiger charge is 2.05. The van der Waals surface area contributed by atoms with Gasteiger partial charge in [-0.25, -0.2) is 0 Å². The molecule has 0 bridgehead atoms. The number of carbonyl (C=O) groups is 1. The molecule has 0 saturated heterocycles. The fraction of sp³-hybridized carbons (Fsp3) is 0.125. The van der Waals surface area contributed by atoms with Crippen LogP contribution < -0.4 is 0 Å². The van der Waals surface area contributed by atoms with E-state index >= 15 is 0 Å². The van der Waals surface area contributed by atoms with Crippen LogP contribution >= 0.6 is 22.7 Å². The van der Waals surface area contributed by atoms with Gasteiger partial charge in [-0.05, 0) is 24.4 Å². The van der Waals surface area contributed by atoms with Crippen molar-refractivity contribution in [2.75, 3.05) is 0 Å². The quantitative estimate of drug-likeness (QED) is 0.619. The van der Waals surface area contributed by atoms with Gasteiger partial charge in [0.05, 0.1) is 4.88 Å². The molecule has 0 aliphatic heterocycles. The first kappa shape index (κ1) is 7.00. The predicted molar refractivity (Wildman–Crippen MR) is 49.7 cm³/mol. The van der Waals surface area contributed by atoms with Gasteiger partial charge >= 0.3 is 0 Å². The molecule has 0 aromatic carbocycles. The lowest BCUT2D eigenvalue weighted by atomic mass is 10.3. The van der Waals surface area contributed by atoms with Gasteiger partial charge in [0.2, 0.25) is 0 Å².